The minimum Gasteiger partial charge on any atom is -0.366 e. The fraction of sp³-hybridized carbons (Fsp3) is 0.304. The van der Waals surface area contributed by atoms with Gasteiger partial charge in [0.15, 0.2) is 0 Å². The Balaban J connectivity index is 1.47. The number of hydrogen-bond acceptors (Lipinski definition) is 5. The Labute approximate surface area is 171 Å². The smallest absolute Gasteiger partial charge is 0.227 e. The maximum atomic E-state index is 14.1. The lowest BCUT2D eigenvalue weighted by molar-refractivity contribution is 0.594. The first-order valence-electron chi connectivity index (χ1n) is 10.1. The highest BCUT2D eigenvalue weighted by Crippen LogP contribution is 2.26. The molecular weight excluding hydrogens is 365 g/mol. The second-order valence-corrected chi connectivity index (χ2v) is 7.25. The van der Waals surface area contributed by atoms with Crippen molar-refractivity contribution < 1.29 is 4.39 Å². The molecule has 0 aliphatic carbocycles. The van der Waals surface area contributed by atoms with Crippen molar-refractivity contribution in [2.75, 3.05) is 41.3 Å². The lowest BCUT2D eigenvalue weighted by atomic mass is 10.1. The minimum atomic E-state index is -0.173. The third-order valence-corrected chi connectivity index (χ3v) is 5.39. The summed E-state index contributed by atoms with van der Waals surface area (Å²) in [4.78, 5) is 13.4. The topological polar surface area (TPSA) is 44.3 Å². The van der Waals surface area contributed by atoms with Gasteiger partial charge in [0.1, 0.15) is 11.6 Å². The summed E-state index contributed by atoms with van der Waals surface area (Å²) in [5, 5.41) is 3.48. The zero-order chi connectivity index (χ0) is 20.2. The first kappa shape index (κ1) is 19.2. The number of aryl methyl sites for hydroxylation is 2. The molecule has 1 aliphatic rings. The fourth-order valence-corrected chi connectivity index (χ4v) is 3.76. The van der Waals surface area contributed by atoms with Crippen LogP contribution in [0.2, 0.25) is 0 Å². The Morgan fingerprint density at radius 2 is 1.72 bits per heavy atom. The van der Waals surface area contributed by atoms with E-state index in [0.29, 0.717) is 11.6 Å². The molecule has 1 N–H and O–H groups in total. The number of benzene rings is 2. The number of nitrogens with one attached hydrogen (secondary N) is 1. The predicted octanol–water partition coefficient (Wildman–Crippen LogP) is 4.56. The van der Waals surface area contributed by atoms with Crippen molar-refractivity contribution in [3.63, 3.8) is 0 Å². The molecule has 0 unspecified atom stereocenters. The van der Waals surface area contributed by atoms with Crippen LogP contribution in [0.1, 0.15) is 18.1 Å². The SMILES string of the molecule is CCc1cccc(C)c1Nc1ccnc(N2CCN(c3ccccc3F)CC2)n1. The molecule has 4 rings (SSSR count). The average Bonchev–Trinajstić information content (AvgIpc) is 2.76. The van der Waals surface area contributed by atoms with Crippen LogP contribution in [0.15, 0.2) is 54.7 Å². The Kier molecular flexibility index (Phi) is 5.60. The molecule has 0 amide bonds. The summed E-state index contributed by atoms with van der Waals surface area (Å²) in [6, 6.07) is 15.2. The number of aromatic nitrogens is 2. The molecule has 6 heteroatoms. The summed E-state index contributed by atoms with van der Waals surface area (Å²) in [6.45, 7) is 7.23. The molecule has 29 heavy (non-hydrogen) atoms. The van der Waals surface area contributed by atoms with E-state index in [1.54, 1.807) is 12.3 Å². The quantitative estimate of drug-likeness (QED) is 0.691. The summed E-state index contributed by atoms with van der Waals surface area (Å²) >= 11 is 0. The number of rotatable bonds is 5. The van der Waals surface area contributed by atoms with Gasteiger partial charge in [-0.1, -0.05) is 37.3 Å². The molecule has 5 nitrogen and oxygen atoms in total. The van der Waals surface area contributed by atoms with Crippen LogP contribution < -0.4 is 15.1 Å². The van der Waals surface area contributed by atoms with E-state index >= 15 is 0 Å². The van der Waals surface area contributed by atoms with Gasteiger partial charge in [-0.25, -0.2) is 9.37 Å². The van der Waals surface area contributed by atoms with Gasteiger partial charge in [0.2, 0.25) is 5.95 Å². The van der Waals surface area contributed by atoms with Gasteiger partial charge in [0.25, 0.3) is 0 Å². The van der Waals surface area contributed by atoms with Crippen molar-refractivity contribution in [3.05, 3.63) is 71.7 Å². The Hall–Kier alpha value is -3.15. The van der Waals surface area contributed by atoms with Gasteiger partial charge in [0, 0.05) is 38.1 Å². The van der Waals surface area contributed by atoms with Gasteiger partial charge in [0.05, 0.1) is 5.69 Å². The first-order valence-corrected chi connectivity index (χ1v) is 10.1. The standard InChI is InChI=1S/C23H26FN5/c1-3-18-8-6-7-17(2)22(18)26-21-11-12-25-23(27-21)29-15-13-28(14-16-29)20-10-5-4-9-19(20)24/h4-12H,3,13-16H2,1-2H3,(H,25,26,27). The van der Waals surface area contributed by atoms with Crippen LogP contribution in [0.4, 0.5) is 27.5 Å². The normalized spacial score (nSPS) is 14.2. The molecule has 1 aromatic heterocycles. The second kappa shape index (κ2) is 8.47. The third-order valence-electron chi connectivity index (χ3n) is 5.39. The fourth-order valence-electron chi connectivity index (χ4n) is 3.76. The van der Waals surface area contributed by atoms with Gasteiger partial charge < -0.3 is 15.1 Å². The molecule has 2 aromatic carbocycles. The van der Waals surface area contributed by atoms with Crippen LogP contribution >= 0.6 is 0 Å². The Morgan fingerprint density at radius 3 is 2.48 bits per heavy atom. The molecule has 0 spiro atoms. The van der Waals surface area contributed by atoms with Gasteiger partial charge in [-0.2, -0.15) is 4.98 Å². The number of halogens is 1. The lowest BCUT2D eigenvalue weighted by Crippen LogP contribution is -2.47. The molecule has 0 radical (unpaired) electrons. The monoisotopic (exact) mass is 391 g/mol. The number of hydrogen-bond donors (Lipinski definition) is 1. The van der Waals surface area contributed by atoms with Crippen molar-refractivity contribution in [1.29, 1.82) is 0 Å². The second-order valence-electron chi connectivity index (χ2n) is 7.25. The average molecular weight is 391 g/mol. The first-order chi connectivity index (χ1) is 14.2. The molecule has 0 atom stereocenters. The highest BCUT2D eigenvalue weighted by molar-refractivity contribution is 5.65. The molecule has 1 saturated heterocycles. The summed E-state index contributed by atoms with van der Waals surface area (Å²) in [6.07, 6.45) is 2.75. The van der Waals surface area contributed by atoms with E-state index in [4.69, 9.17) is 4.98 Å². The number of anilines is 4. The summed E-state index contributed by atoms with van der Waals surface area (Å²) in [7, 11) is 0. The van der Waals surface area contributed by atoms with Crippen LogP contribution in [0.25, 0.3) is 0 Å². The largest absolute Gasteiger partial charge is 0.366 e. The molecule has 3 aromatic rings. The maximum Gasteiger partial charge on any atom is 0.227 e. The highest BCUT2D eigenvalue weighted by atomic mass is 19.1. The van der Waals surface area contributed by atoms with Crippen LogP contribution in [0.3, 0.4) is 0 Å². The van der Waals surface area contributed by atoms with Crippen molar-refractivity contribution in [2.45, 2.75) is 20.3 Å². The zero-order valence-corrected chi connectivity index (χ0v) is 16.9. The van der Waals surface area contributed by atoms with Crippen LogP contribution in [0.5, 0.6) is 0 Å². The number of para-hydroxylation sites is 2. The van der Waals surface area contributed by atoms with Gasteiger partial charge in [-0.3, -0.25) is 0 Å². The molecule has 0 bridgehead atoms. The van der Waals surface area contributed by atoms with Crippen LogP contribution in [0, 0.1) is 12.7 Å². The lowest BCUT2D eigenvalue weighted by Gasteiger charge is -2.36. The van der Waals surface area contributed by atoms with E-state index in [1.807, 2.05) is 18.2 Å². The number of nitrogens with zero attached hydrogens (tertiary/aromatic N) is 4. The molecule has 150 valence electrons. The van der Waals surface area contributed by atoms with E-state index in [9.17, 15) is 4.39 Å². The Morgan fingerprint density at radius 1 is 0.966 bits per heavy atom. The number of piperazine rings is 1. The summed E-state index contributed by atoms with van der Waals surface area (Å²) in [5.41, 5.74) is 4.24. The van der Waals surface area contributed by atoms with Crippen LogP contribution in [-0.2, 0) is 6.42 Å². The van der Waals surface area contributed by atoms with E-state index in [2.05, 4.69) is 52.1 Å². The highest BCUT2D eigenvalue weighted by Gasteiger charge is 2.21. The summed E-state index contributed by atoms with van der Waals surface area (Å²) in [5.74, 6) is 1.32. The zero-order valence-electron chi connectivity index (χ0n) is 16.9. The molecule has 0 saturated carbocycles. The molecule has 1 fully saturated rings. The van der Waals surface area contributed by atoms with Crippen molar-refractivity contribution >= 4 is 23.1 Å². The predicted molar refractivity (Wildman–Crippen MR) is 117 cm³/mol. The van der Waals surface area contributed by atoms with Crippen LogP contribution in [-0.4, -0.2) is 36.1 Å². The van der Waals surface area contributed by atoms with Crippen molar-refractivity contribution in [2.24, 2.45) is 0 Å². The van der Waals surface area contributed by atoms with Crippen molar-refractivity contribution in [1.82, 2.24) is 9.97 Å². The Bertz CT molecular complexity index is 983. The van der Waals surface area contributed by atoms with Gasteiger partial charge in [-0.15, -0.1) is 0 Å². The maximum absolute atomic E-state index is 14.1. The van der Waals surface area contributed by atoms with E-state index in [1.165, 1.54) is 17.2 Å². The molecule has 2 heterocycles. The van der Waals surface area contributed by atoms with Crippen molar-refractivity contribution in [3.8, 4) is 0 Å². The van der Waals surface area contributed by atoms with Gasteiger partial charge >= 0.3 is 0 Å². The minimum absolute atomic E-state index is 0.173. The summed E-state index contributed by atoms with van der Waals surface area (Å²) < 4.78 is 14.1. The van der Waals surface area contributed by atoms with E-state index in [0.717, 1.165) is 44.1 Å². The van der Waals surface area contributed by atoms with E-state index in [-0.39, 0.29) is 5.82 Å². The molecular formula is C23H26FN5. The van der Waals surface area contributed by atoms with E-state index < -0.39 is 0 Å². The van der Waals surface area contributed by atoms with Gasteiger partial charge in [-0.05, 0) is 42.7 Å². The molecule has 1 aliphatic heterocycles. The third kappa shape index (κ3) is 4.16.